The lowest BCUT2D eigenvalue weighted by molar-refractivity contribution is -0.134. The van der Waals surface area contributed by atoms with E-state index < -0.39 is 0 Å². The van der Waals surface area contributed by atoms with Gasteiger partial charge in [-0.15, -0.1) is 11.3 Å². The molecule has 1 aliphatic heterocycles. The lowest BCUT2D eigenvalue weighted by atomic mass is 10.1. The van der Waals surface area contributed by atoms with Crippen LogP contribution < -0.4 is 5.32 Å². The van der Waals surface area contributed by atoms with Crippen molar-refractivity contribution < 1.29 is 9.59 Å². The Hall–Kier alpha value is -2.14. The fourth-order valence-corrected chi connectivity index (χ4v) is 3.86. The van der Waals surface area contributed by atoms with Crippen molar-refractivity contribution in [2.45, 2.75) is 38.8 Å². The summed E-state index contributed by atoms with van der Waals surface area (Å²) in [6.45, 7) is 3.34. The van der Waals surface area contributed by atoms with Crippen molar-refractivity contribution in [1.82, 2.24) is 10.2 Å². The Morgan fingerprint density at radius 3 is 2.67 bits per heavy atom. The molecule has 4 nitrogen and oxygen atoms in total. The summed E-state index contributed by atoms with van der Waals surface area (Å²) in [6, 6.07) is 14.0. The van der Waals surface area contributed by atoms with Crippen molar-refractivity contribution in [2.24, 2.45) is 0 Å². The molecule has 0 radical (unpaired) electrons. The van der Waals surface area contributed by atoms with Crippen LogP contribution >= 0.6 is 11.3 Å². The van der Waals surface area contributed by atoms with E-state index in [0.717, 1.165) is 6.42 Å². The quantitative estimate of drug-likeness (QED) is 0.877. The minimum Gasteiger partial charge on any atom is -0.344 e. The molecule has 1 fully saturated rings. The van der Waals surface area contributed by atoms with Gasteiger partial charge in [0.1, 0.15) is 6.04 Å². The van der Waals surface area contributed by atoms with Crippen molar-refractivity contribution in [2.75, 3.05) is 6.54 Å². The van der Waals surface area contributed by atoms with Crippen LogP contribution in [0.15, 0.2) is 42.5 Å². The van der Waals surface area contributed by atoms with Crippen molar-refractivity contribution in [3.05, 3.63) is 57.8 Å². The van der Waals surface area contributed by atoms with Crippen LogP contribution in [0.5, 0.6) is 0 Å². The van der Waals surface area contributed by atoms with E-state index >= 15 is 0 Å². The third-order valence-electron chi connectivity index (χ3n) is 4.26. The molecule has 126 valence electrons. The second-order valence-electron chi connectivity index (χ2n) is 6.17. The molecule has 1 aromatic carbocycles. The maximum Gasteiger partial charge on any atom is 0.245 e. The first-order valence-electron chi connectivity index (χ1n) is 8.29. The zero-order valence-corrected chi connectivity index (χ0v) is 14.6. The van der Waals surface area contributed by atoms with E-state index in [-0.39, 0.29) is 17.9 Å². The summed E-state index contributed by atoms with van der Waals surface area (Å²) < 4.78 is 0. The Morgan fingerprint density at radius 2 is 2.04 bits per heavy atom. The van der Waals surface area contributed by atoms with Gasteiger partial charge in [0, 0.05) is 22.7 Å². The zero-order chi connectivity index (χ0) is 16.9. The molecule has 0 spiro atoms. The van der Waals surface area contributed by atoms with Gasteiger partial charge in [0.15, 0.2) is 0 Å². The molecule has 0 bridgehead atoms. The van der Waals surface area contributed by atoms with Crippen LogP contribution in [0.3, 0.4) is 0 Å². The lowest BCUT2D eigenvalue weighted by Crippen LogP contribution is -2.44. The molecular formula is C19H22N2O2S. The lowest BCUT2D eigenvalue weighted by Gasteiger charge is -2.25. The number of hydrogen-bond acceptors (Lipinski definition) is 3. The first kappa shape index (κ1) is 16.7. The number of thiophene rings is 1. The molecule has 2 aromatic rings. The smallest absolute Gasteiger partial charge is 0.245 e. The van der Waals surface area contributed by atoms with Crippen LogP contribution in [-0.2, 0) is 22.6 Å². The maximum absolute atomic E-state index is 12.8. The van der Waals surface area contributed by atoms with Crippen molar-refractivity contribution >= 4 is 23.2 Å². The summed E-state index contributed by atoms with van der Waals surface area (Å²) >= 11 is 1.72. The van der Waals surface area contributed by atoms with Crippen molar-refractivity contribution in [1.29, 1.82) is 0 Å². The summed E-state index contributed by atoms with van der Waals surface area (Å²) in [5.41, 5.74) is 1.22. The topological polar surface area (TPSA) is 49.4 Å². The zero-order valence-electron chi connectivity index (χ0n) is 13.8. The SMILES string of the molecule is Cc1ccc(CN(CCc2ccccc2)C(=O)[C@H]2CCC(=O)N2)s1. The van der Waals surface area contributed by atoms with E-state index in [0.29, 0.717) is 25.9 Å². The van der Waals surface area contributed by atoms with Gasteiger partial charge in [-0.3, -0.25) is 9.59 Å². The van der Waals surface area contributed by atoms with E-state index in [4.69, 9.17) is 0 Å². The largest absolute Gasteiger partial charge is 0.344 e. The second-order valence-corrected chi connectivity index (χ2v) is 7.54. The number of benzene rings is 1. The average molecular weight is 342 g/mol. The van der Waals surface area contributed by atoms with Crippen LogP contribution in [0.25, 0.3) is 0 Å². The summed E-state index contributed by atoms with van der Waals surface area (Å²) in [4.78, 5) is 28.6. The highest BCUT2D eigenvalue weighted by Gasteiger charge is 2.30. The van der Waals surface area contributed by atoms with Gasteiger partial charge in [0.2, 0.25) is 11.8 Å². The number of carbonyl (C=O) groups excluding carboxylic acids is 2. The first-order valence-corrected chi connectivity index (χ1v) is 9.11. The summed E-state index contributed by atoms with van der Waals surface area (Å²) in [5, 5.41) is 2.80. The van der Waals surface area contributed by atoms with Gasteiger partial charge in [-0.2, -0.15) is 0 Å². The normalized spacial score (nSPS) is 16.9. The van der Waals surface area contributed by atoms with Crippen molar-refractivity contribution in [3.63, 3.8) is 0 Å². The molecule has 3 rings (SSSR count). The highest BCUT2D eigenvalue weighted by molar-refractivity contribution is 7.11. The maximum atomic E-state index is 12.8. The van der Waals surface area contributed by atoms with Gasteiger partial charge in [0.05, 0.1) is 6.54 Å². The highest BCUT2D eigenvalue weighted by atomic mass is 32.1. The predicted molar refractivity (Wildman–Crippen MR) is 95.8 cm³/mol. The Bertz CT molecular complexity index is 711. The molecular weight excluding hydrogens is 320 g/mol. The Balaban J connectivity index is 1.69. The molecule has 24 heavy (non-hydrogen) atoms. The van der Waals surface area contributed by atoms with Crippen LogP contribution in [0.1, 0.15) is 28.2 Å². The summed E-state index contributed by atoms with van der Waals surface area (Å²) in [5.74, 6) is 0.00571. The third kappa shape index (κ3) is 4.23. The molecule has 2 heterocycles. The van der Waals surface area contributed by atoms with E-state index in [1.807, 2.05) is 23.1 Å². The Morgan fingerprint density at radius 1 is 1.25 bits per heavy atom. The van der Waals surface area contributed by atoms with Crippen LogP contribution in [0, 0.1) is 6.92 Å². The van der Waals surface area contributed by atoms with E-state index in [1.165, 1.54) is 15.3 Å². The predicted octanol–water partition coefficient (Wildman–Crippen LogP) is 2.91. The van der Waals surface area contributed by atoms with Gasteiger partial charge >= 0.3 is 0 Å². The third-order valence-corrected chi connectivity index (χ3v) is 5.25. The van der Waals surface area contributed by atoms with Gasteiger partial charge < -0.3 is 10.2 Å². The molecule has 1 atom stereocenters. The molecule has 0 unspecified atom stereocenters. The number of amides is 2. The molecule has 5 heteroatoms. The molecule has 1 saturated heterocycles. The highest BCUT2D eigenvalue weighted by Crippen LogP contribution is 2.19. The standard InChI is InChI=1S/C19H22N2O2S/c1-14-7-8-16(24-14)13-21(12-11-15-5-3-2-4-6-15)19(23)17-9-10-18(22)20-17/h2-8,17H,9-13H2,1H3,(H,20,22)/t17-/m1/s1. The molecule has 1 N–H and O–H groups in total. The van der Waals surface area contributed by atoms with Gasteiger partial charge in [-0.25, -0.2) is 0 Å². The van der Waals surface area contributed by atoms with Gasteiger partial charge in [-0.05, 0) is 37.5 Å². The van der Waals surface area contributed by atoms with E-state index in [9.17, 15) is 9.59 Å². The number of aryl methyl sites for hydroxylation is 1. The monoisotopic (exact) mass is 342 g/mol. The number of rotatable bonds is 6. The van der Waals surface area contributed by atoms with Gasteiger partial charge in [-0.1, -0.05) is 30.3 Å². The molecule has 2 amide bonds. The van der Waals surface area contributed by atoms with E-state index in [1.54, 1.807) is 11.3 Å². The number of carbonyl (C=O) groups is 2. The molecule has 0 saturated carbocycles. The summed E-state index contributed by atoms with van der Waals surface area (Å²) in [7, 11) is 0. The number of nitrogens with zero attached hydrogens (tertiary/aromatic N) is 1. The van der Waals surface area contributed by atoms with E-state index in [2.05, 4.69) is 36.5 Å². The van der Waals surface area contributed by atoms with Crippen LogP contribution in [-0.4, -0.2) is 29.3 Å². The Labute approximate surface area is 146 Å². The fraction of sp³-hybridized carbons (Fsp3) is 0.368. The molecule has 1 aliphatic rings. The second kappa shape index (κ2) is 7.62. The minimum absolute atomic E-state index is 0.0247. The number of nitrogens with one attached hydrogen (secondary N) is 1. The molecule has 0 aliphatic carbocycles. The fourth-order valence-electron chi connectivity index (χ4n) is 2.95. The average Bonchev–Trinajstić information content (AvgIpc) is 3.20. The van der Waals surface area contributed by atoms with Crippen LogP contribution in [0.4, 0.5) is 0 Å². The van der Waals surface area contributed by atoms with Gasteiger partial charge in [0.25, 0.3) is 0 Å². The van der Waals surface area contributed by atoms with Crippen molar-refractivity contribution in [3.8, 4) is 0 Å². The van der Waals surface area contributed by atoms with Crippen LogP contribution in [0.2, 0.25) is 0 Å². The molecule has 1 aromatic heterocycles. The first-order chi connectivity index (χ1) is 11.6. The summed E-state index contributed by atoms with van der Waals surface area (Å²) in [6.07, 6.45) is 1.86. The number of hydrogen-bond donors (Lipinski definition) is 1. The minimum atomic E-state index is -0.366. The Kier molecular flexibility index (Phi) is 5.30.